The van der Waals surface area contributed by atoms with Crippen molar-refractivity contribution in [1.29, 1.82) is 0 Å². The molecule has 2 aliphatic rings. The Kier molecular flexibility index (Phi) is 11.6. The first-order valence-electron chi connectivity index (χ1n) is 11.7. The summed E-state index contributed by atoms with van der Waals surface area (Å²) in [6.45, 7) is 6.32. The van der Waals surface area contributed by atoms with Crippen molar-refractivity contribution in [3.8, 4) is 0 Å². The third-order valence-electron chi connectivity index (χ3n) is 6.46. The van der Waals surface area contributed by atoms with Crippen molar-refractivity contribution in [1.82, 2.24) is 15.5 Å². The summed E-state index contributed by atoms with van der Waals surface area (Å²) in [4.78, 5) is 19.3. The molecule has 1 heterocycles. The largest absolute Gasteiger partial charge is 0.356 e. The van der Waals surface area contributed by atoms with E-state index in [0.29, 0.717) is 6.54 Å². The first-order valence-corrected chi connectivity index (χ1v) is 11.7. The Morgan fingerprint density at radius 3 is 2.65 bits per heavy atom. The maximum absolute atomic E-state index is 12.4. The molecule has 1 aliphatic carbocycles. The Hall–Kier alpha value is -1.35. The molecule has 1 aromatic rings. The van der Waals surface area contributed by atoms with Crippen LogP contribution in [0.5, 0.6) is 0 Å². The zero-order chi connectivity index (χ0) is 21.2. The van der Waals surface area contributed by atoms with Gasteiger partial charge < -0.3 is 20.9 Å². The van der Waals surface area contributed by atoms with E-state index in [1.165, 1.54) is 38.6 Å². The Labute approximate surface area is 205 Å². The van der Waals surface area contributed by atoms with Gasteiger partial charge in [-0.05, 0) is 63.3 Å². The van der Waals surface area contributed by atoms with Crippen molar-refractivity contribution < 1.29 is 4.79 Å². The van der Waals surface area contributed by atoms with Crippen molar-refractivity contribution in [3.63, 3.8) is 0 Å². The van der Waals surface area contributed by atoms with E-state index in [2.05, 4.69) is 38.8 Å². The lowest BCUT2D eigenvalue weighted by atomic mass is 10.0. The molecule has 3 rings (SSSR count). The predicted octanol–water partition coefficient (Wildman–Crippen LogP) is 4.36. The number of anilines is 1. The number of hydrogen-bond acceptors (Lipinski definition) is 3. The lowest BCUT2D eigenvalue weighted by molar-refractivity contribution is -0.119. The summed E-state index contributed by atoms with van der Waals surface area (Å²) in [6.07, 6.45) is 9.54. The van der Waals surface area contributed by atoms with Gasteiger partial charge in [-0.1, -0.05) is 31.4 Å². The average molecular weight is 542 g/mol. The molecule has 174 valence electrons. The molecule has 0 spiro atoms. The Morgan fingerprint density at radius 1 is 1.13 bits per heavy atom. The van der Waals surface area contributed by atoms with Gasteiger partial charge in [-0.3, -0.25) is 9.79 Å². The van der Waals surface area contributed by atoms with E-state index in [-0.39, 0.29) is 35.8 Å². The van der Waals surface area contributed by atoms with Crippen LogP contribution < -0.4 is 16.0 Å². The van der Waals surface area contributed by atoms with Crippen LogP contribution >= 0.6 is 24.0 Å². The molecule has 7 heteroatoms. The molecular weight excluding hydrogens is 501 g/mol. The molecule has 31 heavy (non-hydrogen) atoms. The molecule has 0 radical (unpaired) electrons. The van der Waals surface area contributed by atoms with Crippen LogP contribution in [0, 0.1) is 5.92 Å². The molecule has 1 aromatic carbocycles. The molecular formula is C24H40IN5O. The number of halogens is 1. The molecule has 1 unspecified atom stereocenters. The molecule has 6 nitrogen and oxygen atoms in total. The summed E-state index contributed by atoms with van der Waals surface area (Å²) in [7, 11) is 1.81. The smallest absolute Gasteiger partial charge is 0.227 e. The number of carbonyl (C=O) groups is 1. The van der Waals surface area contributed by atoms with E-state index in [9.17, 15) is 4.79 Å². The van der Waals surface area contributed by atoms with Crippen LogP contribution in [0.2, 0.25) is 0 Å². The standard InChI is InChI=1S/C24H39N5O.HI/c1-19-9-5-6-15-29(19)16-8-14-26-24(25-2)27-18-20-10-7-13-22(17-20)28-23(30)21-11-3-4-12-21;/h7,10,13,17,19,21H,3-6,8-9,11-12,14-16,18H2,1-2H3,(H,28,30)(H2,25,26,27);1H. The quantitative estimate of drug-likeness (QED) is 0.198. The summed E-state index contributed by atoms with van der Waals surface area (Å²) < 4.78 is 0. The predicted molar refractivity (Wildman–Crippen MR) is 140 cm³/mol. The van der Waals surface area contributed by atoms with Gasteiger partial charge in [0.2, 0.25) is 5.91 Å². The second-order valence-corrected chi connectivity index (χ2v) is 8.76. The number of aliphatic imine (C=N–C) groups is 1. The topological polar surface area (TPSA) is 68.8 Å². The van der Waals surface area contributed by atoms with Gasteiger partial charge in [0.05, 0.1) is 0 Å². The van der Waals surface area contributed by atoms with E-state index in [1.807, 2.05) is 18.2 Å². The molecule has 1 saturated carbocycles. The van der Waals surface area contributed by atoms with Crippen LogP contribution in [0.25, 0.3) is 0 Å². The second-order valence-electron chi connectivity index (χ2n) is 8.76. The van der Waals surface area contributed by atoms with Crippen LogP contribution in [0.1, 0.15) is 63.9 Å². The van der Waals surface area contributed by atoms with Crippen molar-refractivity contribution in [2.24, 2.45) is 10.9 Å². The molecule has 0 aromatic heterocycles. The minimum atomic E-state index is 0. The molecule has 1 saturated heterocycles. The minimum absolute atomic E-state index is 0. The minimum Gasteiger partial charge on any atom is -0.356 e. The molecule has 1 aliphatic heterocycles. The first kappa shape index (κ1) is 25.9. The Morgan fingerprint density at radius 2 is 1.90 bits per heavy atom. The Bertz CT molecular complexity index is 705. The fraction of sp³-hybridized carbons (Fsp3) is 0.667. The van der Waals surface area contributed by atoms with Gasteiger partial charge in [0.1, 0.15) is 0 Å². The number of piperidine rings is 1. The number of benzene rings is 1. The summed E-state index contributed by atoms with van der Waals surface area (Å²) in [5, 5.41) is 9.89. The van der Waals surface area contributed by atoms with Crippen molar-refractivity contribution in [2.75, 3.05) is 32.0 Å². The van der Waals surface area contributed by atoms with E-state index in [4.69, 9.17) is 0 Å². The number of nitrogens with one attached hydrogen (secondary N) is 3. The highest BCUT2D eigenvalue weighted by molar-refractivity contribution is 14.0. The summed E-state index contributed by atoms with van der Waals surface area (Å²) in [5.41, 5.74) is 2.01. The van der Waals surface area contributed by atoms with E-state index >= 15 is 0 Å². The molecule has 0 bridgehead atoms. The van der Waals surface area contributed by atoms with Gasteiger partial charge in [0, 0.05) is 44.3 Å². The van der Waals surface area contributed by atoms with Gasteiger partial charge in [-0.25, -0.2) is 0 Å². The number of carbonyl (C=O) groups excluding carboxylic acids is 1. The van der Waals surface area contributed by atoms with Gasteiger partial charge in [0.25, 0.3) is 0 Å². The number of guanidine groups is 1. The van der Waals surface area contributed by atoms with E-state index in [1.54, 1.807) is 7.05 Å². The lowest BCUT2D eigenvalue weighted by Crippen LogP contribution is -2.41. The fourth-order valence-electron chi connectivity index (χ4n) is 4.58. The number of amides is 1. The third kappa shape index (κ3) is 8.60. The second kappa shape index (κ2) is 13.9. The van der Waals surface area contributed by atoms with Crippen molar-refractivity contribution in [2.45, 2.75) is 70.9 Å². The highest BCUT2D eigenvalue weighted by Crippen LogP contribution is 2.26. The van der Waals surface area contributed by atoms with Crippen LogP contribution in [0.4, 0.5) is 5.69 Å². The Balaban J connectivity index is 0.00000341. The van der Waals surface area contributed by atoms with Crippen LogP contribution in [0.3, 0.4) is 0 Å². The van der Waals surface area contributed by atoms with Gasteiger partial charge in [-0.2, -0.15) is 0 Å². The summed E-state index contributed by atoms with van der Waals surface area (Å²) in [5.74, 6) is 1.17. The molecule has 1 amide bonds. The van der Waals surface area contributed by atoms with Crippen molar-refractivity contribution in [3.05, 3.63) is 29.8 Å². The van der Waals surface area contributed by atoms with Crippen LogP contribution in [-0.4, -0.2) is 49.5 Å². The van der Waals surface area contributed by atoms with Crippen molar-refractivity contribution >= 4 is 41.5 Å². The monoisotopic (exact) mass is 541 g/mol. The van der Waals surface area contributed by atoms with Gasteiger partial charge in [0.15, 0.2) is 5.96 Å². The number of nitrogens with zero attached hydrogens (tertiary/aromatic N) is 2. The summed E-state index contributed by atoms with van der Waals surface area (Å²) in [6, 6.07) is 8.80. The molecule has 1 atom stereocenters. The molecule has 3 N–H and O–H groups in total. The lowest BCUT2D eigenvalue weighted by Gasteiger charge is -2.33. The molecule has 2 fully saturated rings. The third-order valence-corrected chi connectivity index (χ3v) is 6.46. The number of rotatable bonds is 8. The summed E-state index contributed by atoms with van der Waals surface area (Å²) >= 11 is 0. The van der Waals surface area contributed by atoms with Gasteiger partial charge >= 0.3 is 0 Å². The maximum Gasteiger partial charge on any atom is 0.227 e. The number of likely N-dealkylation sites (tertiary alicyclic amines) is 1. The zero-order valence-electron chi connectivity index (χ0n) is 19.2. The highest BCUT2D eigenvalue weighted by atomic mass is 127. The maximum atomic E-state index is 12.4. The van der Waals surface area contributed by atoms with Crippen LogP contribution in [0.15, 0.2) is 29.3 Å². The highest BCUT2D eigenvalue weighted by Gasteiger charge is 2.22. The average Bonchev–Trinajstić information content (AvgIpc) is 3.30. The zero-order valence-corrected chi connectivity index (χ0v) is 21.5. The van der Waals surface area contributed by atoms with E-state index < -0.39 is 0 Å². The van der Waals surface area contributed by atoms with Crippen LogP contribution in [-0.2, 0) is 11.3 Å². The van der Waals surface area contributed by atoms with E-state index in [0.717, 1.165) is 55.6 Å². The SMILES string of the molecule is CN=C(NCCCN1CCCCC1C)NCc1cccc(NC(=O)C2CCCC2)c1.I. The van der Waals surface area contributed by atoms with Gasteiger partial charge in [-0.15, -0.1) is 24.0 Å². The first-order chi connectivity index (χ1) is 14.7. The fourth-order valence-corrected chi connectivity index (χ4v) is 4.58. The number of hydrogen-bond donors (Lipinski definition) is 3. The normalized spacial score (nSPS) is 20.2.